The number of hydrogen-bond acceptors (Lipinski definition) is 5. The maximum absolute atomic E-state index is 13.3. The van der Waals surface area contributed by atoms with Gasteiger partial charge in [0.05, 0.1) is 7.11 Å². The van der Waals surface area contributed by atoms with Crippen molar-refractivity contribution in [2.24, 2.45) is 0 Å². The first-order chi connectivity index (χ1) is 9.62. The van der Waals surface area contributed by atoms with E-state index in [1.54, 1.807) is 12.2 Å². The Labute approximate surface area is 118 Å². The smallest absolute Gasteiger partial charge is 0.441 e. The average Bonchev–Trinajstić information content (AvgIpc) is 2.37. The number of esters is 1. The second-order valence-electron chi connectivity index (χ2n) is 4.27. The molecule has 1 aromatic heterocycles. The zero-order valence-corrected chi connectivity index (χ0v) is 11.5. The van der Waals surface area contributed by atoms with Gasteiger partial charge in [-0.25, -0.2) is 9.78 Å². The van der Waals surface area contributed by atoms with E-state index in [9.17, 15) is 22.8 Å². The number of rotatable bonds is 4. The highest BCUT2D eigenvalue weighted by molar-refractivity contribution is 5.90. The predicted molar refractivity (Wildman–Crippen MR) is 67.2 cm³/mol. The third-order valence-electron chi connectivity index (χ3n) is 2.51. The lowest BCUT2D eigenvalue weighted by atomic mass is 10.1. The Morgan fingerprint density at radius 3 is 2.29 bits per heavy atom. The standard InChI is InChI=1S/C12H14F3N3O3/c1-7-4-5-9(16-6-7)18-11(10(20)21-3,12(13,14)15)17-8(2)19/h4-6H,1-3H3,(H,16,18)(H,17,19)/t11-/m0/s1. The van der Waals surface area contributed by atoms with E-state index in [2.05, 4.69) is 9.72 Å². The molecule has 0 saturated carbocycles. The second kappa shape index (κ2) is 5.98. The van der Waals surface area contributed by atoms with Gasteiger partial charge in [-0.1, -0.05) is 6.07 Å². The molecule has 0 spiro atoms. The molecule has 0 aliphatic heterocycles. The van der Waals surface area contributed by atoms with Gasteiger partial charge in [0.15, 0.2) is 0 Å². The number of nitrogens with one attached hydrogen (secondary N) is 2. The van der Waals surface area contributed by atoms with Crippen LogP contribution in [0.25, 0.3) is 0 Å². The van der Waals surface area contributed by atoms with Gasteiger partial charge in [-0.15, -0.1) is 0 Å². The molecule has 1 rings (SSSR count). The molecule has 1 aromatic rings. The van der Waals surface area contributed by atoms with Crippen molar-refractivity contribution in [3.63, 3.8) is 0 Å². The van der Waals surface area contributed by atoms with Crippen molar-refractivity contribution in [2.75, 3.05) is 12.4 Å². The molecule has 2 N–H and O–H groups in total. The summed E-state index contributed by atoms with van der Waals surface area (Å²) in [6.45, 7) is 2.55. The van der Waals surface area contributed by atoms with Crippen molar-refractivity contribution in [1.29, 1.82) is 0 Å². The minimum absolute atomic E-state index is 0.239. The van der Waals surface area contributed by atoms with Crippen molar-refractivity contribution < 1.29 is 27.5 Å². The fraction of sp³-hybridized carbons (Fsp3) is 0.417. The predicted octanol–water partition coefficient (Wildman–Crippen LogP) is 1.37. The highest BCUT2D eigenvalue weighted by Crippen LogP contribution is 2.32. The van der Waals surface area contributed by atoms with Crippen LogP contribution < -0.4 is 10.6 Å². The third kappa shape index (κ3) is 3.61. The van der Waals surface area contributed by atoms with Gasteiger partial charge < -0.3 is 15.4 Å². The number of pyridine rings is 1. The van der Waals surface area contributed by atoms with Crippen LogP contribution in [0, 0.1) is 6.92 Å². The van der Waals surface area contributed by atoms with Gasteiger partial charge in [0, 0.05) is 13.1 Å². The molecular formula is C12H14F3N3O3. The van der Waals surface area contributed by atoms with E-state index >= 15 is 0 Å². The molecule has 0 aliphatic carbocycles. The number of halogens is 3. The number of hydrogen-bond donors (Lipinski definition) is 2. The number of anilines is 1. The van der Waals surface area contributed by atoms with Gasteiger partial charge in [0.1, 0.15) is 5.82 Å². The average molecular weight is 305 g/mol. The maximum Gasteiger partial charge on any atom is 0.441 e. The SMILES string of the molecule is COC(=O)[C@](NC(C)=O)(Nc1ccc(C)cn1)C(F)(F)F. The number of alkyl halides is 3. The van der Waals surface area contributed by atoms with E-state index < -0.39 is 23.7 Å². The van der Waals surface area contributed by atoms with Crippen LogP contribution >= 0.6 is 0 Å². The van der Waals surface area contributed by atoms with Crippen molar-refractivity contribution in [2.45, 2.75) is 25.7 Å². The number of amides is 1. The first-order valence-electron chi connectivity index (χ1n) is 5.77. The summed E-state index contributed by atoms with van der Waals surface area (Å²) in [5, 5.41) is 3.46. The summed E-state index contributed by atoms with van der Waals surface area (Å²) in [5.41, 5.74) is -2.69. The first-order valence-corrected chi connectivity index (χ1v) is 5.77. The van der Waals surface area contributed by atoms with E-state index in [0.29, 0.717) is 0 Å². The van der Waals surface area contributed by atoms with Gasteiger partial charge in [-0.3, -0.25) is 4.79 Å². The summed E-state index contributed by atoms with van der Waals surface area (Å²) in [6.07, 6.45) is -3.83. The lowest BCUT2D eigenvalue weighted by Crippen LogP contribution is -2.69. The molecule has 1 amide bonds. The number of nitrogens with zero attached hydrogens (tertiary/aromatic N) is 1. The molecule has 0 radical (unpaired) electrons. The van der Waals surface area contributed by atoms with Crippen molar-refractivity contribution in [3.05, 3.63) is 23.9 Å². The minimum Gasteiger partial charge on any atom is -0.466 e. The Morgan fingerprint density at radius 1 is 1.29 bits per heavy atom. The fourth-order valence-corrected chi connectivity index (χ4v) is 1.54. The summed E-state index contributed by atoms with van der Waals surface area (Å²) in [5.74, 6) is -3.00. The minimum atomic E-state index is -5.14. The van der Waals surface area contributed by atoms with Crippen LogP contribution in [-0.2, 0) is 14.3 Å². The number of aryl methyl sites for hydroxylation is 1. The number of carbonyl (C=O) groups excluding carboxylic acids is 2. The van der Waals surface area contributed by atoms with Crippen molar-refractivity contribution in [1.82, 2.24) is 10.3 Å². The monoisotopic (exact) mass is 305 g/mol. The zero-order chi connectivity index (χ0) is 16.3. The highest BCUT2D eigenvalue weighted by Gasteiger charge is 2.63. The summed E-state index contributed by atoms with van der Waals surface area (Å²) in [7, 11) is 0.787. The summed E-state index contributed by atoms with van der Waals surface area (Å²) < 4.78 is 44.2. The summed E-state index contributed by atoms with van der Waals surface area (Å²) in [4.78, 5) is 26.5. The van der Waals surface area contributed by atoms with E-state index in [1.165, 1.54) is 18.3 Å². The Balaban J connectivity index is 3.30. The number of carbonyl (C=O) groups is 2. The van der Waals surface area contributed by atoms with Crippen LogP contribution in [0.15, 0.2) is 18.3 Å². The summed E-state index contributed by atoms with van der Waals surface area (Å²) in [6, 6.07) is 2.75. The molecular weight excluding hydrogens is 291 g/mol. The third-order valence-corrected chi connectivity index (χ3v) is 2.51. The maximum atomic E-state index is 13.3. The number of methoxy groups -OCH3 is 1. The second-order valence-corrected chi connectivity index (χ2v) is 4.27. The fourth-order valence-electron chi connectivity index (χ4n) is 1.54. The molecule has 0 saturated heterocycles. The Bertz CT molecular complexity index is 531. The quantitative estimate of drug-likeness (QED) is 0.649. The lowest BCUT2D eigenvalue weighted by Gasteiger charge is -2.34. The van der Waals surface area contributed by atoms with E-state index in [4.69, 9.17) is 0 Å². The molecule has 21 heavy (non-hydrogen) atoms. The number of aromatic nitrogens is 1. The Morgan fingerprint density at radius 2 is 1.90 bits per heavy atom. The molecule has 0 fully saturated rings. The molecule has 0 unspecified atom stereocenters. The number of ether oxygens (including phenoxy) is 1. The van der Waals surface area contributed by atoms with Crippen LogP contribution in [0.4, 0.5) is 19.0 Å². The molecule has 9 heteroatoms. The molecule has 6 nitrogen and oxygen atoms in total. The topological polar surface area (TPSA) is 80.3 Å². The molecule has 1 heterocycles. The summed E-state index contributed by atoms with van der Waals surface area (Å²) >= 11 is 0. The van der Waals surface area contributed by atoms with Crippen LogP contribution in [0.2, 0.25) is 0 Å². The molecule has 1 atom stereocenters. The van der Waals surface area contributed by atoms with Crippen LogP contribution in [-0.4, -0.2) is 35.8 Å². The normalized spacial score (nSPS) is 14.0. The molecule has 0 aromatic carbocycles. The van der Waals surface area contributed by atoms with Gasteiger partial charge in [0.2, 0.25) is 5.91 Å². The van der Waals surface area contributed by atoms with E-state index in [1.807, 2.05) is 5.32 Å². The Hall–Kier alpha value is -2.32. The lowest BCUT2D eigenvalue weighted by molar-refractivity contribution is -0.206. The highest BCUT2D eigenvalue weighted by atomic mass is 19.4. The zero-order valence-electron chi connectivity index (χ0n) is 11.5. The van der Waals surface area contributed by atoms with Gasteiger partial charge in [-0.05, 0) is 18.6 Å². The van der Waals surface area contributed by atoms with Crippen LogP contribution in [0.5, 0.6) is 0 Å². The van der Waals surface area contributed by atoms with Crippen LogP contribution in [0.3, 0.4) is 0 Å². The van der Waals surface area contributed by atoms with Gasteiger partial charge >= 0.3 is 17.8 Å². The molecule has 0 bridgehead atoms. The van der Waals surface area contributed by atoms with Crippen molar-refractivity contribution >= 4 is 17.7 Å². The van der Waals surface area contributed by atoms with E-state index in [-0.39, 0.29) is 5.82 Å². The van der Waals surface area contributed by atoms with Gasteiger partial charge in [0.25, 0.3) is 0 Å². The molecule has 116 valence electrons. The van der Waals surface area contributed by atoms with Gasteiger partial charge in [-0.2, -0.15) is 13.2 Å². The molecule has 0 aliphatic rings. The van der Waals surface area contributed by atoms with Crippen molar-refractivity contribution in [3.8, 4) is 0 Å². The Kier molecular flexibility index (Phi) is 4.77. The van der Waals surface area contributed by atoms with E-state index in [0.717, 1.165) is 19.6 Å². The first kappa shape index (κ1) is 16.7. The van der Waals surface area contributed by atoms with Crippen LogP contribution in [0.1, 0.15) is 12.5 Å². The largest absolute Gasteiger partial charge is 0.466 e.